The Kier molecular flexibility index (Phi) is 10.9. The zero-order chi connectivity index (χ0) is 32.1. The molecule has 5 aromatic rings. The van der Waals surface area contributed by atoms with Gasteiger partial charge in [-0.25, -0.2) is 0 Å². The van der Waals surface area contributed by atoms with Gasteiger partial charge in [0.15, 0.2) is 0 Å². The van der Waals surface area contributed by atoms with E-state index < -0.39 is 0 Å². The van der Waals surface area contributed by atoms with Crippen molar-refractivity contribution in [1.29, 1.82) is 0 Å². The van der Waals surface area contributed by atoms with Gasteiger partial charge in [0, 0.05) is 34.1 Å². The highest BCUT2D eigenvalue weighted by Gasteiger charge is 2.16. The first-order valence-corrected chi connectivity index (χ1v) is 15.4. The molecule has 0 aromatic heterocycles. The van der Waals surface area contributed by atoms with Crippen molar-refractivity contribution >= 4 is 34.1 Å². The third kappa shape index (κ3) is 8.25. The van der Waals surface area contributed by atoms with Crippen LogP contribution in [-0.4, -0.2) is 13.2 Å². The van der Waals surface area contributed by atoms with Gasteiger partial charge < -0.3 is 19.3 Å². The molecule has 0 saturated carbocycles. The lowest BCUT2D eigenvalue weighted by Crippen LogP contribution is -2.12. The van der Waals surface area contributed by atoms with E-state index in [0.717, 1.165) is 45.6 Å². The summed E-state index contributed by atoms with van der Waals surface area (Å²) in [6.45, 7) is 12.6. The Balaban J connectivity index is 1.49. The van der Waals surface area contributed by atoms with Crippen molar-refractivity contribution in [3.8, 4) is 11.5 Å². The second-order valence-electron chi connectivity index (χ2n) is 10.8. The minimum absolute atomic E-state index is 0.485. The number of ether oxygens (including phenoxy) is 2. The van der Waals surface area contributed by atoms with Crippen LogP contribution in [0.2, 0.25) is 0 Å². The van der Waals surface area contributed by atoms with E-state index in [2.05, 4.69) is 134 Å². The van der Waals surface area contributed by atoms with Crippen molar-refractivity contribution in [3.05, 3.63) is 182 Å². The normalized spacial score (nSPS) is 11.0. The minimum atomic E-state index is 0.485. The highest BCUT2D eigenvalue weighted by molar-refractivity contribution is 5.81. The van der Waals surface area contributed by atoms with Crippen LogP contribution in [0, 0.1) is 13.8 Å². The molecule has 5 rings (SSSR count). The Labute approximate surface area is 273 Å². The van der Waals surface area contributed by atoms with Crippen LogP contribution < -0.4 is 19.3 Å². The van der Waals surface area contributed by atoms with Gasteiger partial charge in [-0.3, -0.25) is 0 Å². The third-order valence-corrected chi connectivity index (χ3v) is 7.38. The highest BCUT2D eigenvalue weighted by Crippen LogP contribution is 2.39. The second kappa shape index (κ2) is 15.8. The number of hydrogen-bond donors (Lipinski definition) is 0. The summed E-state index contributed by atoms with van der Waals surface area (Å²) in [4.78, 5) is 4.52. The van der Waals surface area contributed by atoms with Crippen LogP contribution in [0.4, 0.5) is 34.1 Å². The Bertz CT molecular complexity index is 1640. The second-order valence-corrected chi connectivity index (χ2v) is 10.8. The molecule has 46 heavy (non-hydrogen) atoms. The smallest absolute Gasteiger partial charge is 0.119 e. The number of nitrogens with zero attached hydrogens (tertiary/aromatic N) is 2. The maximum atomic E-state index is 5.88. The molecule has 0 aliphatic rings. The molecule has 0 spiro atoms. The molecule has 0 fully saturated rings. The third-order valence-electron chi connectivity index (χ3n) is 7.38. The quantitative estimate of drug-likeness (QED) is 0.118. The van der Waals surface area contributed by atoms with Crippen LogP contribution in [0.15, 0.2) is 171 Å². The standard InChI is InChI=1S/C42H40N2O2/c1-5-7-9-31-45-41-27-23-39(24-28-41)44(40-25-29-42(30-26-40)46-32-10-8-6-2)38-21-19-37(20-22-38)43(35-15-11-33(3)12-16-35)36-17-13-34(4)14-18-36/h5-30H,1-2,31-32H2,3-4H3. The molecule has 0 unspecified atom stereocenters. The number of allylic oxidation sites excluding steroid dienone is 4. The molecule has 4 nitrogen and oxygen atoms in total. The van der Waals surface area contributed by atoms with E-state index in [0.29, 0.717) is 13.2 Å². The Morgan fingerprint density at radius 2 is 0.696 bits per heavy atom. The van der Waals surface area contributed by atoms with Gasteiger partial charge in [-0.1, -0.05) is 72.9 Å². The first-order valence-electron chi connectivity index (χ1n) is 15.4. The molecule has 4 heteroatoms. The zero-order valence-electron chi connectivity index (χ0n) is 26.6. The van der Waals surface area contributed by atoms with Gasteiger partial charge in [0.05, 0.1) is 0 Å². The number of aryl methyl sites for hydroxylation is 2. The van der Waals surface area contributed by atoms with Crippen molar-refractivity contribution in [3.63, 3.8) is 0 Å². The molecule has 0 bridgehead atoms. The molecule has 0 amide bonds. The van der Waals surface area contributed by atoms with E-state index in [4.69, 9.17) is 9.47 Å². The van der Waals surface area contributed by atoms with Crippen LogP contribution in [-0.2, 0) is 0 Å². The minimum Gasteiger partial charge on any atom is -0.490 e. The molecular formula is C42H40N2O2. The van der Waals surface area contributed by atoms with Gasteiger partial charge in [-0.05, 0) is 123 Å². The average molecular weight is 605 g/mol. The fraction of sp³-hybridized carbons (Fsp3) is 0.0952. The predicted molar refractivity (Wildman–Crippen MR) is 195 cm³/mol. The summed E-state index contributed by atoms with van der Waals surface area (Å²) in [5.41, 5.74) is 8.80. The van der Waals surface area contributed by atoms with Crippen molar-refractivity contribution < 1.29 is 9.47 Å². The van der Waals surface area contributed by atoms with Gasteiger partial charge in [-0.15, -0.1) is 0 Å². The van der Waals surface area contributed by atoms with Crippen molar-refractivity contribution in [1.82, 2.24) is 0 Å². The maximum Gasteiger partial charge on any atom is 0.119 e. The SMILES string of the molecule is C=CC=CCOc1ccc(N(c2ccc(OCC=CC=C)cc2)c2ccc(N(c3ccc(C)cc3)c3ccc(C)cc3)cc2)cc1. The fourth-order valence-electron chi connectivity index (χ4n) is 5.01. The van der Waals surface area contributed by atoms with E-state index in [9.17, 15) is 0 Å². The summed E-state index contributed by atoms with van der Waals surface area (Å²) in [6, 6.07) is 42.3. The summed E-state index contributed by atoms with van der Waals surface area (Å²) < 4.78 is 11.8. The van der Waals surface area contributed by atoms with Crippen LogP contribution in [0.3, 0.4) is 0 Å². The van der Waals surface area contributed by atoms with E-state index in [1.54, 1.807) is 12.2 Å². The van der Waals surface area contributed by atoms with Gasteiger partial charge >= 0.3 is 0 Å². The van der Waals surface area contributed by atoms with Crippen molar-refractivity contribution in [2.75, 3.05) is 23.0 Å². The van der Waals surface area contributed by atoms with E-state index in [-0.39, 0.29) is 0 Å². The number of anilines is 6. The zero-order valence-corrected chi connectivity index (χ0v) is 26.6. The molecule has 230 valence electrons. The molecular weight excluding hydrogens is 564 g/mol. The topological polar surface area (TPSA) is 24.9 Å². The molecule has 0 radical (unpaired) electrons. The summed E-state index contributed by atoms with van der Waals surface area (Å²) in [7, 11) is 0. The van der Waals surface area contributed by atoms with Crippen LogP contribution in [0.1, 0.15) is 11.1 Å². The molecule has 0 aliphatic carbocycles. The van der Waals surface area contributed by atoms with Gasteiger partial charge in [0.25, 0.3) is 0 Å². The fourth-order valence-corrected chi connectivity index (χ4v) is 5.01. The number of hydrogen-bond acceptors (Lipinski definition) is 4. The van der Waals surface area contributed by atoms with Crippen LogP contribution in [0.5, 0.6) is 11.5 Å². The highest BCUT2D eigenvalue weighted by atomic mass is 16.5. The van der Waals surface area contributed by atoms with Gasteiger partial charge in [0.2, 0.25) is 0 Å². The summed E-state index contributed by atoms with van der Waals surface area (Å²) in [6.07, 6.45) is 11.1. The molecule has 0 aliphatic heterocycles. The summed E-state index contributed by atoms with van der Waals surface area (Å²) >= 11 is 0. The summed E-state index contributed by atoms with van der Waals surface area (Å²) in [5, 5.41) is 0. The molecule has 0 saturated heterocycles. The number of rotatable bonds is 14. The predicted octanol–water partition coefficient (Wildman–Crippen LogP) is 11.5. The molecule has 5 aromatic carbocycles. The monoisotopic (exact) mass is 604 g/mol. The number of benzene rings is 5. The van der Waals surface area contributed by atoms with E-state index >= 15 is 0 Å². The van der Waals surface area contributed by atoms with Crippen LogP contribution in [0.25, 0.3) is 0 Å². The van der Waals surface area contributed by atoms with Crippen LogP contribution >= 0.6 is 0 Å². The lowest BCUT2D eigenvalue weighted by atomic mass is 10.1. The van der Waals surface area contributed by atoms with E-state index in [1.807, 2.05) is 48.6 Å². The largest absolute Gasteiger partial charge is 0.490 e. The molecule has 0 atom stereocenters. The first-order chi connectivity index (χ1) is 22.6. The Morgan fingerprint density at radius 1 is 0.435 bits per heavy atom. The molecule has 0 N–H and O–H groups in total. The van der Waals surface area contributed by atoms with Gasteiger partial charge in [0.1, 0.15) is 24.7 Å². The average Bonchev–Trinajstić information content (AvgIpc) is 3.09. The molecule has 0 heterocycles. The summed E-state index contributed by atoms with van der Waals surface area (Å²) in [5.74, 6) is 1.60. The van der Waals surface area contributed by atoms with Gasteiger partial charge in [-0.2, -0.15) is 0 Å². The van der Waals surface area contributed by atoms with Crippen molar-refractivity contribution in [2.45, 2.75) is 13.8 Å². The van der Waals surface area contributed by atoms with Crippen molar-refractivity contribution in [2.24, 2.45) is 0 Å². The lowest BCUT2D eigenvalue weighted by Gasteiger charge is -2.28. The Hall–Kier alpha value is -5.74. The first kappa shape index (κ1) is 31.7. The lowest BCUT2D eigenvalue weighted by molar-refractivity contribution is 0.363. The maximum absolute atomic E-state index is 5.88. The van der Waals surface area contributed by atoms with E-state index in [1.165, 1.54) is 11.1 Å². The Morgan fingerprint density at radius 3 is 0.978 bits per heavy atom.